The van der Waals surface area contributed by atoms with Crippen LogP contribution >= 0.6 is 11.6 Å². The van der Waals surface area contributed by atoms with Crippen LogP contribution in [-0.2, 0) is 21.7 Å². The first-order valence-corrected chi connectivity index (χ1v) is 10.3. The van der Waals surface area contributed by atoms with Crippen LogP contribution in [0.2, 0.25) is 5.02 Å². The first-order chi connectivity index (χ1) is 15.0. The number of halogens is 3. The second-order valence-electron chi connectivity index (χ2n) is 8.20. The summed E-state index contributed by atoms with van der Waals surface area (Å²) >= 11 is 6.35. The summed E-state index contributed by atoms with van der Waals surface area (Å²) in [6.45, 7) is -0.203. The molecule has 0 spiro atoms. The minimum absolute atomic E-state index is 0.0194. The zero-order chi connectivity index (χ0) is 23.3. The van der Waals surface area contributed by atoms with Gasteiger partial charge in [-0.1, -0.05) is 29.8 Å². The van der Waals surface area contributed by atoms with Crippen LogP contribution in [0.4, 0.5) is 8.78 Å². The third-order valence-corrected chi connectivity index (χ3v) is 6.16. The van der Waals surface area contributed by atoms with Gasteiger partial charge < -0.3 is 34.6 Å². The molecule has 2 aliphatic heterocycles. The van der Waals surface area contributed by atoms with Gasteiger partial charge in [0.25, 0.3) is 0 Å². The van der Waals surface area contributed by atoms with E-state index in [1.165, 1.54) is 12.1 Å². The van der Waals surface area contributed by atoms with Gasteiger partial charge >= 0.3 is 6.11 Å². The Bertz CT molecular complexity index is 983. The van der Waals surface area contributed by atoms with Gasteiger partial charge in [-0.3, -0.25) is 0 Å². The van der Waals surface area contributed by atoms with Crippen molar-refractivity contribution in [1.29, 1.82) is 0 Å². The fourth-order valence-electron chi connectivity index (χ4n) is 4.10. The van der Waals surface area contributed by atoms with Crippen molar-refractivity contribution < 1.29 is 43.4 Å². The topological polar surface area (TPSA) is 109 Å². The summed E-state index contributed by atoms with van der Waals surface area (Å²) in [5.41, 5.74) is 0.145. The second-order valence-corrected chi connectivity index (χ2v) is 8.61. The zero-order valence-electron chi connectivity index (χ0n) is 17.0. The molecule has 0 radical (unpaired) electrons. The molecular formula is C22H23ClF2O7. The highest BCUT2D eigenvalue weighted by molar-refractivity contribution is 6.31. The molecule has 32 heavy (non-hydrogen) atoms. The fourth-order valence-corrected chi connectivity index (χ4v) is 4.29. The third-order valence-electron chi connectivity index (χ3n) is 5.79. The molecule has 2 bridgehead atoms. The number of fused-ring (bicyclic) bond motifs is 2. The van der Waals surface area contributed by atoms with Crippen LogP contribution in [-0.4, -0.2) is 63.7 Å². The number of rotatable bonds is 6. The summed E-state index contributed by atoms with van der Waals surface area (Å²) in [5.74, 6) is -1.78. The lowest BCUT2D eigenvalue weighted by Gasteiger charge is -2.46. The minimum atomic E-state index is -3.29. The van der Waals surface area contributed by atoms with Gasteiger partial charge in [-0.25, -0.2) is 0 Å². The van der Waals surface area contributed by atoms with Crippen molar-refractivity contribution >= 4 is 11.6 Å². The lowest BCUT2D eigenvalue weighted by atomic mass is 9.83. The molecule has 2 aliphatic rings. The molecule has 10 heteroatoms. The van der Waals surface area contributed by atoms with E-state index in [0.717, 1.165) is 5.56 Å². The Morgan fingerprint density at radius 3 is 2.44 bits per heavy atom. The van der Waals surface area contributed by atoms with Gasteiger partial charge in [0.1, 0.15) is 29.7 Å². The lowest BCUT2D eigenvalue weighted by molar-refractivity contribution is -0.329. The van der Waals surface area contributed by atoms with Gasteiger partial charge in [0.15, 0.2) is 0 Å². The van der Waals surface area contributed by atoms with Crippen LogP contribution in [0.5, 0.6) is 5.75 Å². The van der Waals surface area contributed by atoms with Crippen molar-refractivity contribution in [2.45, 2.75) is 49.2 Å². The monoisotopic (exact) mass is 472 g/mol. The highest BCUT2D eigenvalue weighted by Crippen LogP contribution is 2.49. The Labute approximate surface area is 187 Å². The maximum Gasteiger partial charge on any atom is 0.394 e. The summed E-state index contributed by atoms with van der Waals surface area (Å²) < 4.78 is 42.1. The van der Waals surface area contributed by atoms with E-state index < -0.39 is 42.4 Å². The number of ether oxygens (including phenoxy) is 3. The molecule has 0 amide bonds. The van der Waals surface area contributed by atoms with Crippen molar-refractivity contribution in [1.82, 2.24) is 0 Å². The van der Waals surface area contributed by atoms with Crippen LogP contribution < -0.4 is 4.74 Å². The Balaban J connectivity index is 1.62. The first kappa shape index (κ1) is 23.3. The summed E-state index contributed by atoms with van der Waals surface area (Å²) in [6, 6.07) is 10.9. The molecule has 0 saturated carbocycles. The summed E-state index contributed by atoms with van der Waals surface area (Å²) in [5, 5.41) is 41.5. The predicted octanol–water partition coefficient (Wildman–Crippen LogP) is 1.95. The SMILES string of the molecule is CC(F)(F)Oc1ccc(Cc2cc(C34OC[C@@](CO)(O3)[C@@H](O)[C@H](O)[C@H]4O)ccc2Cl)cc1. The van der Waals surface area contributed by atoms with E-state index in [0.29, 0.717) is 29.5 Å². The normalized spacial score (nSPS) is 32.2. The van der Waals surface area contributed by atoms with Gasteiger partial charge in [0.05, 0.1) is 13.2 Å². The Morgan fingerprint density at radius 2 is 1.81 bits per heavy atom. The van der Waals surface area contributed by atoms with Crippen LogP contribution in [0.3, 0.4) is 0 Å². The fraction of sp³-hybridized carbons (Fsp3) is 0.455. The maximum absolute atomic E-state index is 13.0. The molecule has 2 aromatic carbocycles. The smallest absolute Gasteiger partial charge is 0.394 e. The summed E-state index contributed by atoms with van der Waals surface area (Å²) in [4.78, 5) is 0. The van der Waals surface area contributed by atoms with E-state index in [4.69, 9.17) is 21.1 Å². The van der Waals surface area contributed by atoms with Gasteiger partial charge in [-0.05, 0) is 41.8 Å². The van der Waals surface area contributed by atoms with E-state index in [2.05, 4.69) is 4.74 Å². The lowest BCUT2D eigenvalue weighted by Crippen LogP contribution is -2.65. The molecule has 2 aromatic rings. The van der Waals surface area contributed by atoms with Crippen molar-refractivity contribution in [2.75, 3.05) is 13.2 Å². The predicted molar refractivity (Wildman–Crippen MR) is 109 cm³/mol. The summed E-state index contributed by atoms with van der Waals surface area (Å²) in [7, 11) is 0. The van der Waals surface area contributed by atoms with Crippen molar-refractivity contribution in [3.05, 3.63) is 64.2 Å². The number of benzene rings is 2. The molecule has 0 aliphatic carbocycles. The second kappa shape index (κ2) is 8.18. The minimum Gasteiger partial charge on any atom is -0.433 e. The number of aliphatic hydroxyl groups is 4. The van der Waals surface area contributed by atoms with E-state index >= 15 is 0 Å². The molecule has 2 saturated heterocycles. The molecule has 4 N–H and O–H groups in total. The van der Waals surface area contributed by atoms with Crippen molar-refractivity contribution in [3.8, 4) is 5.75 Å². The molecule has 2 heterocycles. The highest BCUT2D eigenvalue weighted by Gasteiger charge is 2.67. The average molecular weight is 473 g/mol. The van der Waals surface area contributed by atoms with Crippen LogP contribution in [0.25, 0.3) is 0 Å². The van der Waals surface area contributed by atoms with Gasteiger partial charge in [0.2, 0.25) is 5.79 Å². The van der Waals surface area contributed by atoms with Crippen LogP contribution in [0.1, 0.15) is 23.6 Å². The molecule has 2 fully saturated rings. The Kier molecular flexibility index (Phi) is 5.96. The first-order valence-electron chi connectivity index (χ1n) is 9.93. The molecule has 0 aromatic heterocycles. The average Bonchev–Trinajstić information content (AvgIpc) is 3.13. The van der Waals surface area contributed by atoms with Gasteiger partial charge in [-0.2, -0.15) is 8.78 Å². The van der Waals surface area contributed by atoms with E-state index in [9.17, 15) is 29.2 Å². The molecule has 174 valence electrons. The van der Waals surface area contributed by atoms with Crippen molar-refractivity contribution in [2.24, 2.45) is 0 Å². The van der Waals surface area contributed by atoms with Crippen LogP contribution in [0, 0.1) is 0 Å². The highest BCUT2D eigenvalue weighted by atomic mass is 35.5. The number of hydrogen-bond acceptors (Lipinski definition) is 7. The molecular weight excluding hydrogens is 450 g/mol. The van der Waals surface area contributed by atoms with E-state index in [1.54, 1.807) is 30.3 Å². The number of alkyl halides is 2. The molecule has 1 unspecified atom stereocenters. The third kappa shape index (κ3) is 3.99. The Hall–Kier alpha value is -1.85. The van der Waals surface area contributed by atoms with Gasteiger partial charge in [-0.15, -0.1) is 0 Å². The van der Waals surface area contributed by atoms with E-state index in [-0.39, 0.29) is 12.4 Å². The summed E-state index contributed by atoms with van der Waals surface area (Å²) in [6.07, 6.45) is -7.75. The molecule has 5 atom stereocenters. The largest absolute Gasteiger partial charge is 0.433 e. The number of hydrogen-bond donors (Lipinski definition) is 4. The maximum atomic E-state index is 13.0. The van der Waals surface area contributed by atoms with Crippen molar-refractivity contribution in [3.63, 3.8) is 0 Å². The number of aliphatic hydroxyl groups excluding tert-OH is 4. The quantitative estimate of drug-likeness (QED) is 0.509. The van der Waals surface area contributed by atoms with Crippen LogP contribution in [0.15, 0.2) is 42.5 Å². The van der Waals surface area contributed by atoms with E-state index in [1.807, 2.05) is 0 Å². The Morgan fingerprint density at radius 1 is 1.12 bits per heavy atom. The molecule has 7 nitrogen and oxygen atoms in total. The zero-order valence-corrected chi connectivity index (χ0v) is 17.8. The van der Waals surface area contributed by atoms with Gasteiger partial charge in [0, 0.05) is 17.5 Å². The molecule has 4 rings (SSSR count). The standard InChI is InChI=1S/C22H23ClF2O7/c1-20(24,25)31-15-5-2-12(3-6-15)8-13-9-14(4-7-16(13)23)22-19(29)17(27)18(28)21(10-26,32-22)11-30-22/h2-7,9,17-19,26-29H,8,10-11H2,1H3/t17-,18-,19+,21+,22?/m0/s1.